The molecular formula is C10H17N3O. The van der Waals surface area contributed by atoms with Crippen LogP contribution in [0.4, 0.5) is 0 Å². The van der Waals surface area contributed by atoms with Gasteiger partial charge in [0, 0.05) is 32.5 Å². The number of ether oxygens (including phenoxy) is 1. The second-order valence-electron chi connectivity index (χ2n) is 3.90. The molecule has 1 aromatic heterocycles. The molecule has 1 unspecified atom stereocenters. The summed E-state index contributed by atoms with van der Waals surface area (Å²) >= 11 is 0. The first-order valence-corrected chi connectivity index (χ1v) is 5.08. The molecular weight excluding hydrogens is 178 g/mol. The van der Waals surface area contributed by atoms with Gasteiger partial charge >= 0.3 is 0 Å². The van der Waals surface area contributed by atoms with Crippen molar-refractivity contribution in [3.63, 3.8) is 0 Å². The minimum absolute atomic E-state index is 0.103. The second-order valence-corrected chi connectivity index (χ2v) is 3.90. The van der Waals surface area contributed by atoms with Crippen molar-refractivity contribution in [2.45, 2.75) is 18.9 Å². The molecule has 0 amide bonds. The van der Waals surface area contributed by atoms with E-state index in [4.69, 9.17) is 10.5 Å². The number of aromatic nitrogens is 2. The average molecular weight is 195 g/mol. The Morgan fingerprint density at radius 3 is 2.86 bits per heavy atom. The molecule has 1 saturated heterocycles. The number of hydrogen-bond donors (Lipinski definition) is 1. The maximum Gasteiger partial charge on any atom is 0.0946 e. The summed E-state index contributed by atoms with van der Waals surface area (Å²) in [6.45, 7) is 1.69. The van der Waals surface area contributed by atoms with Crippen LogP contribution in [-0.4, -0.2) is 22.8 Å². The Morgan fingerprint density at radius 1 is 1.57 bits per heavy atom. The van der Waals surface area contributed by atoms with Crippen molar-refractivity contribution in [2.75, 3.05) is 13.2 Å². The smallest absolute Gasteiger partial charge is 0.0946 e. The molecule has 0 saturated carbocycles. The van der Waals surface area contributed by atoms with Crippen LogP contribution in [0.1, 0.15) is 24.6 Å². The Balaban J connectivity index is 2.07. The third-order valence-corrected chi connectivity index (χ3v) is 2.97. The predicted octanol–water partition coefficient (Wildman–Crippen LogP) is 0.846. The monoisotopic (exact) mass is 195 g/mol. The van der Waals surface area contributed by atoms with E-state index in [0.29, 0.717) is 5.92 Å². The van der Waals surface area contributed by atoms with Gasteiger partial charge in [-0.1, -0.05) is 0 Å². The molecule has 0 spiro atoms. The largest absolute Gasteiger partial charge is 0.381 e. The molecule has 1 fully saturated rings. The number of imidazole rings is 1. The van der Waals surface area contributed by atoms with Crippen LogP contribution in [0.5, 0.6) is 0 Å². The molecule has 1 atom stereocenters. The summed E-state index contributed by atoms with van der Waals surface area (Å²) in [5.41, 5.74) is 7.32. The van der Waals surface area contributed by atoms with Crippen molar-refractivity contribution < 1.29 is 4.74 Å². The zero-order chi connectivity index (χ0) is 9.97. The minimum atomic E-state index is 0.103. The summed E-state index contributed by atoms with van der Waals surface area (Å²) in [5, 5.41) is 0. The lowest BCUT2D eigenvalue weighted by Gasteiger charge is -2.27. The lowest BCUT2D eigenvalue weighted by Crippen LogP contribution is -2.28. The fourth-order valence-electron chi connectivity index (χ4n) is 2.01. The number of nitrogens with two attached hydrogens (primary N) is 1. The van der Waals surface area contributed by atoms with Crippen LogP contribution in [0.3, 0.4) is 0 Å². The average Bonchev–Trinajstić information content (AvgIpc) is 2.65. The molecule has 78 valence electrons. The highest BCUT2D eigenvalue weighted by Gasteiger charge is 2.23. The fourth-order valence-corrected chi connectivity index (χ4v) is 2.01. The number of aryl methyl sites for hydroxylation is 1. The highest BCUT2D eigenvalue weighted by atomic mass is 16.5. The van der Waals surface area contributed by atoms with Crippen LogP contribution >= 0.6 is 0 Å². The summed E-state index contributed by atoms with van der Waals surface area (Å²) < 4.78 is 7.32. The molecule has 2 N–H and O–H groups in total. The Kier molecular flexibility index (Phi) is 2.84. The van der Waals surface area contributed by atoms with Crippen molar-refractivity contribution in [1.29, 1.82) is 0 Å². The Morgan fingerprint density at radius 2 is 2.29 bits per heavy atom. The number of nitrogens with zero attached hydrogens (tertiary/aromatic N) is 2. The van der Waals surface area contributed by atoms with Crippen LogP contribution in [0.2, 0.25) is 0 Å². The zero-order valence-corrected chi connectivity index (χ0v) is 8.52. The van der Waals surface area contributed by atoms with Gasteiger partial charge in [-0.05, 0) is 18.8 Å². The van der Waals surface area contributed by atoms with E-state index in [0.717, 1.165) is 31.7 Å². The topological polar surface area (TPSA) is 53.1 Å². The Hall–Kier alpha value is -0.870. The predicted molar refractivity (Wildman–Crippen MR) is 53.7 cm³/mol. The molecule has 1 aliphatic heterocycles. The molecule has 1 aliphatic rings. The molecule has 0 aliphatic carbocycles. The number of hydrogen-bond acceptors (Lipinski definition) is 3. The van der Waals surface area contributed by atoms with Crippen LogP contribution < -0.4 is 5.73 Å². The van der Waals surface area contributed by atoms with Crippen LogP contribution in [0, 0.1) is 5.92 Å². The van der Waals surface area contributed by atoms with Crippen LogP contribution in [-0.2, 0) is 11.8 Å². The summed E-state index contributed by atoms with van der Waals surface area (Å²) in [7, 11) is 1.99. The van der Waals surface area contributed by atoms with Gasteiger partial charge in [-0.3, -0.25) is 0 Å². The summed E-state index contributed by atoms with van der Waals surface area (Å²) in [6.07, 6.45) is 5.79. The van der Waals surface area contributed by atoms with E-state index in [9.17, 15) is 0 Å². The molecule has 0 aromatic carbocycles. The van der Waals surface area contributed by atoms with E-state index in [1.807, 2.05) is 17.8 Å². The molecule has 0 radical (unpaired) electrons. The first-order chi connectivity index (χ1) is 6.79. The first-order valence-electron chi connectivity index (χ1n) is 5.08. The summed E-state index contributed by atoms with van der Waals surface area (Å²) in [4.78, 5) is 4.09. The van der Waals surface area contributed by atoms with E-state index >= 15 is 0 Å². The molecule has 0 bridgehead atoms. The lowest BCUT2D eigenvalue weighted by atomic mass is 9.90. The molecule has 2 rings (SSSR count). The van der Waals surface area contributed by atoms with Gasteiger partial charge in [0.15, 0.2) is 0 Å². The van der Waals surface area contributed by atoms with Gasteiger partial charge in [0.05, 0.1) is 12.0 Å². The van der Waals surface area contributed by atoms with Crippen LogP contribution in [0.15, 0.2) is 12.5 Å². The van der Waals surface area contributed by atoms with Crippen molar-refractivity contribution in [3.05, 3.63) is 18.2 Å². The van der Waals surface area contributed by atoms with Gasteiger partial charge in [-0.2, -0.15) is 0 Å². The van der Waals surface area contributed by atoms with E-state index in [-0.39, 0.29) is 6.04 Å². The Bertz CT molecular complexity index is 291. The summed E-state index contributed by atoms with van der Waals surface area (Å²) in [6, 6.07) is 0.103. The van der Waals surface area contributed by atoms with Crippen molar-refractivity contribution in [1.82, 2.24) is 9.55 Å². The quantitative estimate of drug-likeness (QED) is 0.761. The van der Waals surface area contributed by atoms with E-state index in [1.54, 1.807) is 6.33 Å². The van der Waals surface area contributed by atoms with E-state index in [2.05, 4.69) is 4.98 Å². The third-order valence-electron chi connectivity index (χ3n) is 2.97. The van der Waals surface area contributed by atoms with Gasteiger partial charge in [0.1, 0.15) is 0 Å². The van der Waals surface area contributed by atoms with Gasteiger partial charge in [0.25, 0.3) is 0 Å². The SMILES string of the molecule is Cn1cncc1C(N)C1CCOCC1. The lowest BCUT2D eigenvalue weighted by molar-refractivity contribution is 0.0576. The molecule has 4 nitrogen and oxygen atoms in total. The van der Waals surface area contributed by atoms with Crippen molar-refractivity contribution in [2.24, 2.45) is 18.7 Å². The normalized spacial score (nSPS) is 21.0. The van der Waals surface area contributed by atoms with Crippen molar-refractivity contribution >= 4 is 0 Å². The molecule has 1 aromatic rings. The minimum Gasteiger partial charge on any atom is -0.381 e. The molecule has 14 heavy (non-hydrogen) atoms. The van der Waals surface area contributed by atoms with E-state index < -0.39 is 0 Å². The maximum absolute atomic E-state index is 6.20. The van der Waals surface area contributed by atoms with Gasteiger partial charge in [0.2, 0.25) is 0 Å². The highest BCUT2D eigenvalue weighted by molar-refractivity contribution is 5.05. The number of rotatable bonds is 2. The highest BCUT2D eigenvalue weighted by Crippen LogP contribution is 2.27. The van der Waals surface area contributed by atoms with E-state index in [1.165, 1.54) is 0 Å². The third kappa shape index (κ3) is 1.81. The zero-order valence-electron chi connectivity index (χ0n) is 8.52. The molecule has 4 heteroatoms. The molecule has 2 heterocycles. The Labute approximate surface area is 84.1 Å². The standard InChI is InChI=1S/C10H17N3O/c1-13-7-12-6-9(13)10(11)8-2-4-14-5-3-8/h6-8,10H,2-5,11H2,1H3. The van der Waals surface area contributed by atoms with Gasteiger partial charge in [-0.15, -0.1) is 0 Å². The fraction of sp³-hybridized carbons (Fsp3) is 0.700. The van der Waals surface area contributed by atoms with Crippen LogP contribution in [0.25, 0.3) is 0 Å². The van der Waals surface area contributed by atoms with Crippen molar-refractivity contribution in [3.8, 4) is 0 Å². The maximum atomic E-state index is 6.20. The van der Waals surface area contributed by atoms with Gasteiger partial charge < -0.3 is 15.0 Å². The second kappa shape index (κ2) is 4.11. The summed E-state index contributed by atoms with van der Waals surface area (Å²) in [5.74, 6) is 0.541. The van der Waals surface area contributed by atoms with Gasteiger partial charge in [-0.25, -0.2) is 4.98 Å². The first kappa shape index (κ1) is 9.68.